The van der Waals surface area contributed by atoms with Crippen molar-refractivity contribution in [2.45, 2.75) is 45.3 Å². The van der Waals surface area contributed by atoms with Crippen molar-refractivity contribution in [1.29, 1.82) is 0 Å². The van der Waals surface area contributed by atoms with Crippen molar-refractivity contribution in [2.75, 3.05) is 39.8 Å². The van der Waals surface area contributed by atoms with E-state index in [1.165, 1.54) is 5.56 Å². The predicted molar refractivity (Wildman–Crippen MR) is 121 cm³/mol. The summed E-state index contributed by atoms with van der Waals surface area (Å²) in [6.07, 6.45) is 4.00. The van der Waals surface area contributed by atoms with E-state index in [0.29, 0.717) is 12.2 Å². The van der Waals surface area contributed by atoms with E-state index in [0.717, 1.165) is 57.9 Å². The third kappa shape index (κ3) is 9.19. The van der Waals surface area contributed by atoms with Crippen molar-refractivity contribution in [2.24, 2.45) is 4.99 Å². The molecule has 1 heterocycles. The summed E-state index contributed by atoms with van der Waals surface area (Å²) in [5, 5.41) is 6.81. The van der Waals surface area contributed by atoms with E-state index in [2.05, 4.69) is 64.7 Å². The quantitative estimate of drug-likeness (QED) is 0.263. The number of benzene rings is 1. The highest BCUT2D eigenvalue weighted by molar-refractivity contribution is 14.0. The summed E-state index contributed by atoms with van der Waals surface area (Å²) in [6.45, 7) is 9.37. The van der Waals surface area contributed by atoms with Crippen molar-refractivity contribution < 1.29 is 4.74 Å². The normalized spacial score (nSPS) is 21.1. The molecule has 1 aromatic carbocycles. The van der Waals surface area contributed by atoms with Crippen LogP contribution in [0.15, 0.2) is 35.3 Å². The van der Waals surface area contributed by atoms with Gasteiger partial charge in [-0.05, 0) is 38.7 Å². The molecule has 26 heavy (non-hydrogen) atoms. The van der Waals surface area contributed by atoms with Gasteiger partial charge in [0.2, 0.25) is 0 Å². The fourth-order valence-electron chi connectivity index (χ4n) is 3.34. The molecule has 0 aromatic heterocycles. The van der Waals surface area contributed by atoms with E-state index in [-0.39, 0.29) is 24.0 Å². The molecule has 5 nitrogen and oxygen atoms in total. The lowest BCUT2D eigenvalue weighted by Gasteiger charge is -2.35. The molecule has 2 atom stereocenters. The van der Waals surface area contributed by atoms with E-state index >= 15 is 0 Å². The van der Waals surface area contributed by atoms with Crippen LogP contribution in [0, 0.1) is 0 Å². The lowest BCUT2D eigenvalue weighted by molar-refractivity contribution is -0.0679. The minimum atomic E-state index is 0. The maximum absolute atomic E-state index is 5.78. The highest BCUT2D eigenvalue weighted by Gasteiger charge is 2.21. The highest BCUT2D eigenvalue weighted by atomic mass is 127. The third-order valence-electron chi connectivity index (χ3n) is 4.44. The Labute approximate surface area is 176 Å². The molecule has 0 radical (unpaired) electrons. The molecule has 2 N–H and O–H groups in total. The Hall–Kier alpha value is -0.860. The summed E-state index contributed by atoms with van der Waals surface area (Å²) in [5.41, 5.74) is 1.39. The second-order valence-corrected chi connectivity index (χ2v) is 6.89. The van der Waals surface area contributed by atoms with Gasteiger partial charge in [0.15, 0.2) is 5.96 Å². The Bertz CT molecular complexity index is 502. The number of hydrogen-bond acceptors (Lipinski definition) is 3. The Balaban J connectivity index is 0.00000338. The fourth-order valence-corrected chi connectivity index (χ4v) is 3.34. The average Bonchev–Trinajstić information content (AvgIpc) is 2.60. The van der Waals surface area contributed by atoms with Gasteiger partial charge in [0.05, 0.1) is 12.2 Å². The zero-order valence-corrected chi connectivity index (χ0v) is 18.7. The van der Waals surface area contributed by atoms with E-state index in [1.807, 2.05) is 7.05 Å². The van der Waals surface area contributed by atoms with Gasteiger partial charge in [0, 0.05) is 39.8 Å². The first kappa shape index (κ1) is 23.2. The molecule has 148 valence electrons. The van der Waals surface area contributed by atoms with E-state index in [4.69, 9.17) is 4.74 Å². The van der Waals surface area contributed by atoms with Crippen LogP contribution in [0.4, 0.5) is 0 Å². The fraction of sp³-hybridized carbons (Fsp3) is 0.650. The monoisotopic (exact) mass is 474 g/mol. The number of hydrogen-bond donors (Lipinski definition) is 2. The molecule has 0 saturated carbocycles. The highest BCUT2D eigenvalue weighted by Crippen LogP contribution is 2.10. The second-order valence-electron chi connectivity index (χ2n) is 6.89. The number of halogens is 1. The van der Waals surface area contributed by atoms with Gasteiger partial charge in [-0.25, -0.2) is 0 Å². The minimum absolute atomic E-state index is 0. The number of ether oxygens (including phenoxy) is 1. The first-order chi connectivity index (χ1) is 12.2. The summed E-state index contributed by atoms with van der Waals surface area (Å²) in [5.74, 6) is 0.900. The molecule has 6 heteroatoms. The lowest BCUT2D eigenvalue weighted by atomic mass is 10.1. The van der Waals surface area contributed by atoms with Crippen molar-refractivity contribution in [3.63, 3.8) is 0 Å². The van der Waals surface area contributed by atoms with Crippen molar-refractivity contribution in [1.82, 2.24) is 15.5 Å². The van der Waals surface area contributed by atoms with Crippen LogP contribution in [-0.4, -0.2) is 62.8 Å². The van der Waals surface area contributed by atoms with Crippen LogP contribution in [0.5, 0.6) is 0 Å². The van der Waals surface area contributed by atoms with Gasteiger partial charge in [-0.1, -0.05) is 30.3 Å². The number of aliphatic imine (C=N–C) groups is 1. The largest absolute Gasteiger partial charge is 0.373 e. The molecule has 1 saturated heterocycles. The van der Waals surface area contributed by atoms with Crippen LogP contribution in [-0.2, 0) is 11.2 Å². The Morgan fingerprint density at radius 3 is 2.31 bits per heavy atom. The maximum Gasteiger partial charge on any atom is 0.190 e. The maximum atomic E-state index is 5.78. The molecule has 1 aliphatic rings. The second kappa shape index (κ2) is 13.3. The molecule has 2 rings (SSSR count). The van der Waals surface area contributed by atoms with E-state index in [1.54, 1.807) is 0 Å². The zero-order valence-electron chi connectivity index (χ0n) is 16.4. The molecular formula is C20H35IN4O. The number of rotatable bonds is 8. The smallest absolute Gasteiger partial charge is 0.190 e. The minimum Gasteiger partial charge on any atom is -0.373 e. The number of morpholine rings is 1. The first-order valence-corrected chi connectivity index (χ1v) is 9.53. The molecule has 0 spiro atoms. The lowest BCUT2D eigenvalue weighted by Crippen LogP contribution is -2.46. The number of aryl methyl sites for hydroxylation is 1. The van der Waals surface area contributed by atoms with Gasteiger partial charge in [-0.2, -0.15) is 0 Å². The van der Waals surface area contributed by atoms with Gasteiger partial charge < -0.3 is 15.4 Å². The zero-order chi connectivity index (χ0) is 17.9. The molecule has 0 amide bonds. The topological polar surface area (TPSA) is 48.9 Å². The summed E-state index contributed by atoms with van der Waals surface area (Å²) >= 11 is 0. The van der Waals surface area contributed by atoms with Gasteiger partial charge in [-0.15, -0.1) is 24.0 Å². The van der Waals surface area contributed by atoms with Crippen LogP contribution >= 0.6 is 24.0 Å². The molecule has 0 bridgehead atoms. The van der Waals surface area contributed by atoms with Crippen molar-refractivity contribution >= 4 is 29.9 Å². The van der Waals surface area contributed by atoms with Crippen LogP contribution in [0.3, 0.4) is 0 Å². The van der Waals surface area contributed by atoms with Crippen LogP contribution in [0.1, 0.15) is 32.3 Å². The number of nitrogens with zero attached hydrogens (tertiary/aromatic N) is 2. The van der Waals surface area contributed by atoms with E-state index in [9.17, 15) is 0 Å². The van der Waals surface area contributed by atoms with Gasteiger partial charge in [0.25, 0.3) is 0 Å². The Kier molecular flexibility index (Phi) is 11.9. The summed E-state index contributed by atoms with van der Waals surface area (Å²) in [6, 6.07) is 10.6. The molecule has 1 aliphatic heterocycles. The third-order valence-corrected chi connectivity index (χ3v) is 4.44. The standard InChI is InChI=1S/C20H34N4O.HI/c1-17-15-24(16-18(2)25-17)14-8-13-23-20(21-3)22-12-7-11-19-9-5-4-6-10-19;/h4-6,9-10,17-18H,7-8,11-16H2,1-3H3,(H2,21,22,23);1H. The van der Waals surface area contributed by atoms with Gasteiger partial charge in [-0.3, -0.25) is 9.89 Å². The molecular weight excluding hydrogens is 439 g/mol. The molecule has 1 aromatic rings. The summed E-state index contributed by atoms with van der Waals surface area (Å²) in [7, 11) is 1.83. The Morgan fingerprint density at radius 2 is 1.69 bits per heavy atom. The van der Waals surface area contributed by atoms with Crippen LogP contribution in [0.25, 0.3) is 0 Å². The molecule has 1 fully saturated rings. The van der Waals surface area contributed by atoms with Crippen LogP contribution in [0.2, 0.25) is 0 Å². The van der Waals surface area contributed by atoms with Gasteiger partial charge in [0.1, 0.15) is 0 Å². The molecule has 0 aliphatic carbocycles. The summed E-state index contributed by atoms with van der Waals surface area (Å²) in [4.78, 5) is 6.80. The number of guanidine groups is 1. The van der Waals surface area contributed by atoms with Gasteiger partial charge >= 0.3 is 0 Å². The average molecular weight is 474 g/mol. The summed E-state index contributed by atoms with van der Waals surface area (Å²) < 4.78 is 5.78. The SMILES string of the molecule is CN=C(NCCCc1ccccc1)NCCCN1CC(C)OC(C)C1.I. The van der Waals surface area contributed by atoms with Crippen molar-refractivity contribution in [3.8, 4) is 0 Å². The molecule has 2 unspecified atom stereocenters. The Morgan fingerprint density at radius 1 is 1.08 bits per heavy atom. The van der Waals surface area contributed by atoms with Crippen molar-refractivity contribution in [3.05, 3.63) is 35.9 Å². The predicted octanol–water partition coefficient (Wildman–Crippen LogP) is 2.90. The first-order valence-electron chi connectivity index (χ1n) is 9.53. The van der Waals surface area contributed by atoms with Crippen LogP contribution < -0.4 is 10.6 Å². The van der Waals surface area contributed by atoms with E-state index < -0.39 is 0 Å². The number of nitrogens with one attached hydrogen (secondary N) is 2.